The van der Waals surface area contributed by atoms with E-state index in [0.717, 1.165) is 24.5 Å². The van der Waals surface area contributed by atoms with Crippen LogP contribution < -0.4 is 0 Å². The Morgan fingerprint density at radius 2 is 1.23 bits per heavy atom. The van der Waals surface area contributed by atoms with Gasteiger partial charge >= 0.3 is 0 Å². The Morgan fingerprint density at radius 1 is 0.808 bits per heavy atom. The van der Waals surface area contributed by atoms with Gasteiger partial charge in [0.15, 0.2) is 17.4 Å². The van der Waals surface area contributed by atoms with Crippen LogP contribution in [0.15, 0.2) is 108 Å². The maximum atomic E-state index is 14.1. The first-order valence-electron chi connectivity index (χ1n) is 8.00. The summed E-state index contributed by atoms with van der Waals surface area (Å²) in [6.07, 6.45) is 5.79. The van der Waals surface area contributed by atoms with Gasteiger partial charge in [0.1, 0.15) is 0 Å². The monoisotopic (exact) mass is 356 g/mol. The van der Waals surface area contributed by atoms with E-state index in [0.29, 0.717) is 11.1 Å². The minimum Gasteiger partial charge on any atom is -0.294 e. The first-order valence-corrected chi connectivity index (χ1v) is 8.00. The van der Waals surface area contributed by atoms with Crippen molar-refractivity contribution in [3.8, 4) is 0 Å². The van der Waals surface area contributed by atoms with E-state index in [9.17, 15) is 13.6 Å². The molecule has 0 atom stereocenters. The van der Waals surface area contributed by atoms with E-state index in [-0.39, 0.29) is 11.1 Å². The molecule has 0 aliphatic heterocycles. The molecule has 0 aromatic carbocycles. The number of ketones is 1. The number of carbonyl (C=O) groups is 1. The molecule has 0 saturated heterocycles. The minimum absolute atomic E-state index is 0.141. The van der Waals surface area contributed by atoms with Gasteiger partial charge in [-0.3, -0.25) is 4.79 Å². The molecule has 0 aliphatic rings. The summed E-state index contributed by atoms with van der Waals surface area (Å²) in [7, 11) is 0. The summed E-state index contributed by atoms with van der Waals surface area (Å²) in [4.78, 5) is 11.1. The molecule has 0 unspecified atom stereocenters. The third-order valence-corrected chi connectivity index (χ3v) is 3.76. The van der Waals surface area contributed by atoms with E-state index in [4.69, 9.17) is 0 Å². The normalized spacial score (nSPS) is 12.4. The number of rotatable bonds is 10. The largest absolute Gasteiger partial charge is 0.294 e. The average Bonchev–Trinajstić information content (AvgIpc) is 2.61. The molecular formula is C23H26F2O. The Morgan fingerprint density at radius 3 is 1.65 bits per heavy atom. The lowest BCUT2D eigenvalue weighted by atomic mass is 9.98. The van der Waals surface area contributed by atoms with Crippen LogP contribution in [0.25, 0.3) is 0 Å². The van der Waals surface area contributed by atoms with Gasteiger partial charge in [-0.05, 0) is 42.6 Å². The van der Waals surface area contributed by atoms with Crippen molar-refractivity contribution < 1.29 is 13.6 Å². The summed E-state index contributed by atoms with van der Waals surface area (Å²) < 4.78 is 27.9. The number of halogens is 2. The highest BCUT2D eigenvalue weighted by Crippen LogP contribution is 2.27. The van der Waals surface area contributed by atoms with Gasteiger partial charge < -0.3 is 0 Å². The van der Waals surface area contributed by atoms with Gasteiger partial charge in [0.25, 0.3) is 0 Å². The molecule has 0 amide bonds. The molecule has 0 spiro atoms. The number of carbonyl (C=O) groups excluding carboxylic acids is 1. The summed E-state index contributed by atoms with van der Waals surface area (Å²) in [6.45, 7) is 27.1. The summed E-state index contributed by atoms with van der Waals surface area (Å²) >= 11 is 0. The fraction of sp³-hybridized carbons (Fsp3) is 0.174. The molecule has 0 rings (SSSR count). The summed E-state index contributed by atoms with van der Waals surface area (Å²) in [5, 5.41) is 0. The van der Waals surface area contributed by atoms with Gasteiger partial charge in [-0.1, -0.05) is 70.2 Å². The van der Waals surface area contributed by atoms with Crippen molar-refractivity contribution in [2.24, 2.45) is 0 Å². The summed E-state index contributed by atoms with van der Waals surface area (Å²) in [6, 6.07) is 0. The average molecular weight is 356 g/mol. The highest BCUT2D eigenvalue weighted by atomic mass is 19.2. The van der Waals surface area contributed by atoms with E-state index >= 15 is 0 Å². The van der Waals surface area contributed by atoms with Gasteiger partial charge in [0, 0.05) is 11.1 Å². The number of allylic oxidation sites excluding steroid dienone is 12. The van der Waals surface area contributed by atoms with E-state index in [1.807, 2.05) is 19.9 Å². The van der Waals surface area contributed by atoms with Gasteiger partial charge in [-0.15, -0.1) is 0 Å². The first kappa shape index (κ1) is 23.2. The second-order valence-corrected chi connectivity index (χ2v) is 5.84. The fourth-order valence-electron chi connectivity index (χ4n) is 1.71. The van der Waals surface area contributed by atoms with Crippen LogP contribution in [0.3, 0.4) is 0 Å². The fourth-order valence-corrected chi connectivity index (χ4v) is 1.71. The zero-order chi connectivity index (χ0) is 20.6. The zero-order valence-electron chi connectivity index (χ0n) is 15.8. The first-order chi connectivity index (χ1) is 11.9. The molecule has 0 aliphatic carbocycles. The molecule has 0 bridgehead atoms. The molecule has 0 aromatic rings. The predicted molar refractivity (Wildman–Crippen MR) is 108 cm³/mol. The number of hydrogen-bond acceptors (Lipinski definition) is 1. The number of hydrogen-bond donors (Lipinski definition) is 0. The summed E-state index contributed by atoms with van der Waals surface area (Å²) in [5.41, 5.74) is 2.48. The van der Waals surface area contributed by atoms with Crippen molar-refractivity contribution in [1.29, 1.82) is 0 Å². The van der Waals surface area contributed by atoms with E-state index < -0.39 is 23.0 Å². The zero-order valence-corrected chi connectivity index (χ0v) is 15.8. The maximum absolute atomic E-state index is 14.1. The maximum Gasteiger partial charge on any atom is 0.169 e. The lowest BCUT2D eigenvalue weighted by Crippen LogP contribution is -1.99. The Balaban J connectivity index is 5.27. The molecule has 3 heteroatoms. The smallest absolute Gasteiger partial charge is 0.169 e. The molecular weight excluding hydrogens is 330 g/mol. The molecule has 0 radical (unpaired) electrons. The van der Waals surface area contributed by atoms with Crippen molar-refractivity contribution in [2.45, 2.75) is 27.2 Å². The highest BCUT2D eigenvalue weighted by Gasteiger charge is 2.17. The predicted octanol–water partition coefficient (Wildman–Crippen LogP) is 6.98. The van der Waals surface area contributed by atoms with Gasteiger partial charge in [-0.25, -0.2) is 8.78 Å². The SMILES string of the molecule is C=C(/C=C(/C)C(=C)C(=C)/C=C\C(=C)C(=C)/C(F)=C(/F)C(=C)C(C)=O)CC. The van der Waals surface area contributed by atoms with Crippen molar-refractivity contribution >= 4 is 5.78 Å². The van der Waals surface area contributed by atoms with Crippen molar-refractivity contribution in [3.05, 3.63) is 108 Å². The summed E-state index contributed by atoms with van der Waals surface area (Å²) in [5.74, 6) is -3.26. The van der Waals surface area contributed by atoms with Crippen molar-refractivity contribution in [1.82, 2.24) is 0 Å². The van der Waals surface area contributed by atoms with Gasteiger partial charge in [0.05, 0.1) is 0 Å². The molecule has 0 N–H and O–H groups in total. The highest BCUT2D eigenvalue weighted by molar-refractivity contribution is 5.96. The standard InChI is InChI=1S/C23H26F2O/c1-10-14(2)13-17(5)18(6)15(3)11-12-16(4)19(7)22(24)23(25)20(8)21(9)26/h11-13H,2-4,6-8,10H2,1,5,9H3/b12-11-,17-13-,23-22-. The third kappa shape index (κ3) is 6.60. The van der Waals surface area contributed by atoms with Crippen LogP contribution in [0.1, 0.15) is 27.2 Å². The topological polar surface area (TPSA) is 17.1 Å². The molecule has 138 valence electrons. The van der Waals surface area contributed by atoms with Crippen LogP contribution >= 0.6 is 0 Å². The van der Waals surface area contributed by atoms with E-state index in [1.54, 1.807) is 6.08 Å². The second-order valence-electron chi connectivity index (χ2n) is 5.84. The van der Waals surface area contributed by atoms with E-state index in [1.165, 1.54) is 6.08 Å². The quantitative estimate of drug-likeness (QED) is 0.305. The van der Waals surface area contributed by atoms with Crippen molar-refractivity contribution in [3.63, 3.8) is 0 Å². The third-order valence-electron chi connectivity index (χ3n) is 3.76. The van der Waals surface area contributed by atoms with Crippen molar-refractivity contribution in [2.75, 3.05) is 0 Å². The Kier molecular flexibility index (Phi) is 9.14. The van der Waals surface area contributed by atoms with Gasteiger partial charge in [-0.2, -0.15) is 0 Å². The molecule has 0 aromatic heterocycles. The minimum atomic E-state index is -1.34. The Hall–Kier alpha value is -2.81. The molecule has 0 saturated carbocycles. The van der Waals surface area contributed by atoms with E-state index in [2.05, 4.69) is 39.5 Å². The van der Waals surface area contributed by atoms with Crippen LogP contribution in [0.2, 0.25) is 0 Å². The van der Waals surface area contributed by atoms with Crippen LogP contribution in [-0.2, 0) is 4.79 Å². The molecule has 0 heterocycles. The molecule has 0 fully saturated rings. The number of Topliss-reactive ketones (excluding diaryl/α,β-unsaturated/α-hetero) is 1. The Labute approximate surface area is 155 Å². The van der Waals surface area contributed by atoms with Crippen LogP contribution in [0.4, 0.5) is 8.78 Å². The molecule has 1 nitrogen and oxygen atoms in total. The van der Waals surface area contributed by atoms with Gasteiger partial charge in [0.2, 0.25) is 0 Å². The second kappa shape index (κ2) is 10.2. The molecule has 26 heavy (non-hydrogen) atoms. The van der Waals surface area contributed by atoms with Crippen LogP contribution in [0, 0.1) is 0 Å². The van der Waals surface area contributed by atoms with Crippen LogP contribution in [-0.4, -0.2) is 5.78 Å². The lowest BCUT2D eigenvalue weighted by Gasteiger charge is -2.08. The lowest BCUT2D eigenvalue weighted by molar-refractivity contribution is -0.113. The van der Waals surface area contributed by atoms with Crippen LogP contribution in [0.5, 0.6) is 0 Å². The Bertz CT molecular complexity index is 783.